The number of carbonyl (C=O) groups excluding carboxylic acids is 2. The highest BCUT2D eigenvalue weighted by Gasteiger charge is 2.28. The maximum Gasteiger partial charge on any atom is 0.254 e. The van der Waals surface area contributed by atoms with Crippen molar-refractivity contribution in [3.8, 4) is 0 Å². The number of hydrogen-bond acceptors (Lipinski definition) is 4. The first-order chi connectivity index (χ1) is 13.2. The summed E-state index contributed by atoms with van der Waals surface area (Å²) in [5.74, 6) is 0.0342. The molecule has 0 spiro atoms. The Morgan fingerprint density at radius 2 is 2.11 bits per heavy atom. The van der Waals surface area contributed by atoms with E-state index in [0.29, 0.717) is 17.7 Å². The van der Waals surface area contributed by atoms with Gasteiger partial charge in [0.25, 0.3) is 5.91 Å². The van der Waals surface area contributed by atoms with Crippen LogP contribution in [0.3, 0.4) is 0 Å². The van der Waals surface area contributed by atoms with Crippen molar-refractivity contribution in [1.29, 1.82) is 0 Å². The molecular weight excluding hydrogens is 394 g/mol. The molecule has 0 aliphatic carbocycles. The smallest absolute Gasteiger partial charge is 0.254 e. The highest BCUT2D eigenvalue weighted by molar-refractivity contribution is 7.09. The maximum atomic E-state index is 12.9. The Balaban J connectivity index is 0.00000280. The van der Waals surface area contributed by atoms with Gasteiger partial charge in [0.2, 0.25) is 5.91 Å². The summed E-state index contributed by atoms with van der Waals surface area (Å²) in [7, 11) is 1.91. The molecule has 1 fully saturated rings. The summed E-state index contributed by atoms with van der Waals surface area (Å²) in [6.45, 7) is 1.61. The molecule has 1 aliphatic rings. The van der Waals surface area contributed by atoms with Crippen LogP contribution in [0.25, 0.3) is 0 Å². The Hall–Kier alpha value is -1.89. The van der Waals surface area contributed by atoms with Gasteiger partial charge in [0.05, 0.1) is 0 Å². The van der Waals surface area contributed by atoms with Crippen LogP contribution in [0.2, 0.25) is 0 Å². The fourth-order valence-corrected chi connectivity index (χ4v) is 4.30. The summed E-state index contributed by atoms with van der Waals surface area (Å²) in [6, 6.07) is 11.7. The first kappa shape index (κ1) is 22.4. The van der Waals surface area contributed by atoms with Crippen LogP contribution in [0.15, 0.2) is 41.8 Å². The van der Waals surface area contributed by atoms with Crippen LogP contribution in [0, 0.1) is 0 Å². The summed E-state index contributed by atoms with van der Waals surface area (Å²) in [6.07, 6.45) is 4.30. The third kappa shape index (κ3) is 6.06. The molecule has 1 saturated heterocycles. The average Bonchev–Trinajstić information content (AvgIpc) is 3.34. The molecule has 1 aromatic heterocycles. The Bertz CT molecular complexity index is 767. The van der Waals surface area contributed by atoms with Crippen molar-refractivity contribution in [2.75, 3.05) is 25.5 Å². The fourth-order valence-electron chi connectivity index (χ4n) is 3.55. The monoisotopic (exact) mass is 421 g/mol. The summed E-state index contributed by atoms with van der Waals surface area (Å²) >= 11 is 1.72. The van der Waals surface area contributed by atoms with Crippen molar-refractivity contribution in [3.63, 3.8) is 0 Å². The number of benzene rings is 1. The lowest BCUT2D eigenvalue weighted by atomic mass is 10.1. The van der Waals surface area contributed by atoms with Gasteiger partial charge in [0.1, 0.15) is 0 Å². The van der Waals surface area contributed by atoms with E-state index in [1.165, 1.54) is 4.88 Å². The number of halogens is 1. The minimum absolute atomic E-state index is 0. The molecule has 5 nitrogen and oxygen atoms in total. The average molecular weight is 422 g/mol. The van der Waals surface area contributed by atoms with Crippen LogP contribution in [0.5, 0.6) is 0 Å². The molecule has 2 heterocycles. The number of amides is 2. The molecule has 0 saturated carbocycles. The van der Waals surface area contributed by atoms with Gasteiger partial charge in [-0.25, -0.2) is 0 Å². The number of likely N-dealkylation sites (N-methyl/N-ethyl adjacent to an activating group) is 1. The van der Waals surface area contributed by atoms with Crippen molar-refractivity contribution in [2.24, 2.45) is 0 Å². The van der Waals surface area contributed by atoms with Gasteiger partial charge in [-0.05, 0) is 62.4 Å². The van der Waals surface area contributed by atoms with Crippen molar-refractivity contribution in [2.45, 2.75) is 38.1 Å². The van der Waals surface area contributed by atoms with Crippen molar-refractivity contribution in [1.82, 2.24) is 10.2 Å². The zero-order valence-electron chi connectivity index (χ0n) is 16.1. The molecule has 0 bridgehead atoms. The normalized spacial score (nSPS) is 15.9. The molecule has 2 N–H and O–H groups in total. The number of anilines is 1. The molecule has 1 aliphatic heterocycles. The Kier molecular flexibility index (Phi) is 8.96. The molecular formula is C21H28ClN3O2S. The summed E-state index contributed by atoms with van der Waals surface area (Å²) in [5.41, 5.74) is 1.32. The quantitative estimate of drug-likeness (QED) is 0.678. The first-order valence-electron chi connectivity index (χ1n) is 9.55. The van der Waals surface area contributed by atoms with E-state index in [0.717, 1.165) is 38.8 Å². The molecule has 28 heavy (non-hydrogen) atoms. The fraction of sp³-hybridized carbons (Fsp3) is 0.429. The van der Waals surface area contributed by atoms with Crippen LogP contribution in [0.4, 0.5) is 5.69 Å². The van der Waals surface area contributed by atoms with Gasteiger partial charge >= 0.3 is 0 Å². The van der Waals surface area contributed by atoms with E-state index < -0.39 is 0 Å². The summed E-state index contributed by atoms with van der Waals surface area (Å²) in [5, 5.41) is 8.14. The second-order valence-electron chi connectivity index (χ2n) is 6.91. The van der Waals surface area contributed by atoms with Gasteiger partial charge in [-0.3, -0.25) is 9.59 Å². The Labute approximate surface area is 176 Å². The Morgan fingerprint density at radius 1 is 1.25 bits per heavy atom. The molecule has 1 atom stereocenters. The van der Waals surface area contributed by atoms with Crippen LogP contribution in [-0.2, 0) is 11.2 Å². The standard InChI is InChI=1S/C21H27N3O2S.ClH/c1-22-15-18-8-4-12-24(18)21(26)16-6-2-7-17(14-16)23-20(25)11-3-9-19-10-5-13-27-19;/h2,5-7,10,13-14,18,22H,3-4,8-9,11-12,15H2,1H3,(H,23,25);1H. The van der Waals surface area contributed by atoms with Gasteiger partial charge < -0.3 is 15.5 Å². The topological polar surface area (TPSA) is 61.4 Å². The number of carbonyl (C=O) groups is 2. The minimum atomic E-state index is -0.00890. The number of thiophene rings is 1. The van der Waals surface area contributed by atoms with E-state index in [9.17, 15) is 9.59 Å². The van der Waals surface area contributed by atoms with Crippen LogP contribution in [-0.4, -0.2) is 42.9 Å². The second kappa shape index (κ2) is 11.2. The third-order valence-electron chi connectivity index (χ3n) is 4.88. The van der Waals surface area contributed by atoms with E-state index in [4.69, 9.17) is 0 Å². The van der Waals surface area contributed by atoms with E-state index in [2.05, 4.69) is 22.1 Å². The van der Waals surface area contributed by atoms with E-state index in [1.807, 2.05) is 36.2 Å². The molecule has 7 heteroatoms. The third-order valence-corrected chi connectivity index (χ3v) is 5.81. The number of nitrogens with zero attached hydrogens (tertiary/aromatic N) is 1. The number of nitrogens with one attached hydrogen (secondary N) is 2. The van der Waals surface area contributed by atoms with Crippen LogP contribution >= 0.6 is 23.7 Å². The zero-order chi connectivity index (χ0) is 19.1. The molecule has 2 amide bonds. The number of hydrogen-bond donors (Lipinski definition) is 2. The predicted molar refractivity (Wildman–Crippen MR) is 118 cm³/mol. The molecule has 1 unspecified atom stereocenters. The van der Waals surface area contributed by atoms with Gasteiger partial charge in [-0.1, -0.05) is 12.1 Å². The van der Waals surface area contributed by atoms with E-state index in [1.54, 1.807) is 17.4 Å². The Morgan fingerprint density at radius 3 is 2.86 bits per heavy atom. The SMILES string of the molecule is CNCC1CCCN1C(=O)c1cccc(NC(=O)CCCc2cccs2)c1.Cl. The molecule has 3 rings (SSSR count). The molecule has 1 aromatic carbocycles. The highest BCUT2D eigenvalue weighted by atomic mass is 35.5. The van der Waals surface area contributed by atoms with E-state index in [-0.39, 0.29) is 30.3 Å². The van der Waals surface area contributed by atoms with Crippen molar-refractivity contribution >= 4 is 41.2 Å². The number of rotatable bonds is 8. The van der Waals surface area contributed by atoms with Crippen LogP contribution in [0.1, 0.15) is 40.9 Å². The van der Waals surface area contributed by atoms with Crippen molar-refractivity contribution < 1.29 is 9.59 Å². The largest absolute Gasteiger partial charge is 0.334 e. The van der Waals surface area contributed by atoms with Gasteiger partial charge in [-0.15, -0.1) is 23.7 Å². The number of likely N-dealkylation sites (tertiary alicyclic amines) is 1. The minimum Gasteiger partial charge on any atom is -0.334 e. The first-order valence-corrected chi connectivity index (χ1v) is 10.4. The van der Waals surface area contributed by atoms with E-state index >= 15 is 0 Å². The van der Waals surface area contributed by atoms with Crippen LogP contribution < -0.4 is 10.6 Å². The van der Waals surface area contributed by atoms with Crippen molar-refractivity contribution in [3.05, 3.63) is 52.2 Å². The maximum absolute atomic E-state index is 12.9. The zero-order valence-corrected chi connectivity index (χ0v) is 17.8. The lowest BCUT2D eigenvalue weighted by molar-refractivity contribution is -0.116. The number of aryl methyl sites for hydroxylation is 1. The highest BCUT2D eigenvalue weighted by Crippen LogP contribution is 2.21. The van der Waals surface area contributed by atoms with Gasteiger partial charge in [0, 0.05) is 41.7 Å². The van der Waals surface area contributed by atoms with Gasteiger partial charge in [0.15, 0.2) is 0 Å². The predicted octanol–water partition coefficient (Wildman–Crippen LogP) is 3.96. The summed E-state index contributed by atoms with van der Waals surface area (Å²) in [4.78, 5) is 28.3. The second-order valence-corrected chi connectivity index (χ2v) is 7.95. The summed E-state index contributed by atoms with van der Waals surface area (Å²) < 4.78 is 0. The lowest BCUT2D eigenvalue weighted by Gasteiger charge is -2.24. The molecule has 0 radical (unpaired) electrons. The van der Waals surface area contributed by atoms with Gasteiger partial charge in [-0.2, -0.15) is 0 Å². The lowest BCUT2D eigenvalue weighted by Crippen LogP contribution is -2.40. The molecule has 152 valence electrons. The molecule has 2 aromatic rings.